The van der Waals surface area contributed by atoms with Crippen LogP contribution in [0.3, 0.4) is 0 Å². The molecule has 3 heterocycles. The number of anilines is 2. The molecular formula is C32H31F9N6. The fraction of sp³-hybridized carbons (Fsp3) is 0.406. The van der Waals surface area contributed by atoms with Gasteiger partial charge in [0.25, 0.3) is 0 Å². The summed E-state index contributed by atoms with van der Waals surface area (Å²) in [5, 5.41) is 4.11. The number of rotatable bonds is 8. The fourth-order valence-corrected chi connectivity index (χ4v) is 5.88. The number of nitrogens with zero attached hydrogens (tertiary/aromatic N) is 6. The van der Waals surface area contributed by atoms with Crippen molar-refractivity contribution in [2.24, 2.45) is 7.05 Å². The number of halogens is 9. The first-order chi connectivity index (χ1) is 22.0. The fourth-order valence-electron chi connectivity index (χ4n) is 5.88. The van der Waals surface area contributed by atoms with Crippen LogP contribution in [0, 0.1) is 0 Å². The number of alkyl halides is 9. The minimum absolute atomic E-state index is 0.0759. The Morgan fingerprint density at radius 3 is 1.89 bits per heavy atom. The Morgan fingerprint density at radius 2 is 1.38 bits per heavy atom. The van der Waals surface area contributed by atoms with E-state index in [2.05, 4.69) is 15.1 Å². The summed E-state index contributed by atoms with van der Waals surface area (Å²) >= 11 is 0. The predicted molar refractivity (Wildman–Crippen MR) is 158 cm³/mol. The Labute approximate surface area is 264 Å². The van der Waals surface area contributed by atoms with Gasteiger partial charge in [-0.2, -0.15) is 44.6 Å². The normalized spacial score (nSPS) is 15.8. The van der Waals surface area contributed by atoms with Crippen molar-refractivity contribution in [3.05, 3.63) is 88.5 Å². The van der Waals surface area contributed by atoms with Crippen molar-refractivity contribution in [2.45, 2.75) is 64.2 Å². The molecule has 0 N–H and O–H groups in total. The molecule has 0 saturated carbocycles. The van der Waals surface area contributed by atoms with Crippen LogP contribution >= 0.6 is 0 Å². The summed E-state index contributed by atoms with van der Waals surface area (Å²) < 4.78 is 125. The van der Waals surface area contributed by atoms with Crippen LogP contribution in [0.4, 0.5) is 51.1 Å². The lowest BCUT2D eigenvalue weighted by atomic mass is 9.97. The molecule has 0 amide bonds. The van der Waals surface area contributed by atoms with E-state index in [4.69, 9.17) is 0 Å². The van der Waals surface area contributed by atoms with Crippen molar-refractivity contribution in [1.29, 1.82) is 0 Å². The quantitative estimate of drug-likeness (QED) is 0.177. The maximum Gasteiger partial charge on any atom is 0.416 e. The molecule has 47 heavy (non-hydrogen) atoms. The lowest BCUT2D eigenvalue weighted by Gasteiger charge is -2.31. The van der Waals surface area contributed by atoms with Crippen LogP contribution in [-0.2, 0) is 45.0 Å². The van der Waals surface area contributed by atoms with Crippen molar-refractivity contribution in [1.82, 2.24) is 19.7 Å². The monoisotopic (exact) mass is 670 g/mol. The van der Waals surface area contributed by atoms with Crippen LogP contribution < -0.4 is 9.80 Å². The Balaban J connectivity index is 1.53. The van der Waals surface area contributed by atoms with Crippen LogP contribution in [0.5, 0.6) is 0 Å². The van der Waals surface area contributed by atoms with Crippen LogP contribution in [0.2, 0.25) is 0 Å². The highest BCUT2D eigenvalue weighted by molar-refractivity contribution is 5.61. The van der Waals surface area contributed by atoms with Crippen molar-refractivity contribution >= 4 is 11.6 Å². The highest BCUT2D eigenvalue weighted by Gasteiger charge is 2.39. The maximum atomic E-state index is 13.8. The van der Waals surface area contributed by atoms with Gasteiger partial charge in [-0.3, -0.25) is 4.68 Å². The minimum atomic E-state index is -5.02. The van der Waals surface area contributed by atoms with E-state index < -0.39 is 41.3 Å². The van der Waals surface area contributed by atoms with Gasteiger partial charge >= 0.3 is 18.5 Å². The van der Waals surface area contributed by atoms with E-state index >= 15 is 0 Å². The van der Waals surface area contributed by atoms with Gasteiger partial charge in [0.15, 0.2) is 0 Å². The third-order valence-corrected chi connectivity index (χ3v) is 8.25. The van der Waals surface area contributed by atoms with Crippen LogP contribution in [0.25, 0.3) is 11.1 Å². The van der Waals surface area contributed by atoms with Gasteiger partial charge < -0.3 is 9.80 Å². The Bertz CT molecular complexity index is 1680. The van der Waals surface area contributed by atoms with E-state index in [1.54, 1.807) is 42.9 Å². The zero-order valence-corrected chi connectivity index (χ0v) is 25.6. The van der Waals surface area contributed by atoms with E-state index in [9.17, 15) is 39.5 Å². The van der Waals surface area contributed by atoms with Crippen LogP contribution in [0.1, 0.15) is 53.6 Å². The average molecular weight is 671 g/mol. The molecule has 252 valence electrons. The summed E-state index contributed by atoms with van der Waals surface area (Å²) in [7, 11) is 1.72. The molecule has 2 aromatic carbocycles. The third-order valence-electron chi connectivity index (χ3n) is 8.25. The number of hydrogen-bond donors (Lipinski definition) is 0. The second kappa shape index (κ2) is 12.7. The molecule has 1 fully saturated rings. The maximum absolute atomic E-state index is 13.8. The van der Waals surface area contributed by atoms with Gasteiger partial charge in [-0.25, -0.2) is 9.97 Å². The zero-order chi connectivity index (χ0) is 34.3. The van der Waals surface area contributed by atoms with Gasteiger partial charge in [0.2, 0.25) is 5.95 Å². The standard InChI is InChI=1S/C32H31F9N6/c1-4-20-11-28(21(5-2)10-27(20)32(39,40)41)46-7-6-26(18-46)47(29-42-13-22(14-43-29)23-15-44-45(3)17-23)16-19-8-24(30(33,34)35)12-25(9-19)31(36,37)38/h8-15,17,26H,4-7,16,18H2,1-3H3. The third kappa shape index (κ3) is 7.49. The molecule has 0 spiro atoms. The molecule has 15 heteroatoms. The van der Waals surface area contributed by atoms with Gasteiger partial charge in [-0.15, -0.1) is 0 Å². The molecule has 1 aliphatic heterocycles. The molecular weight excluding hydrogens is 639 g/mol. The van der Waals surface area contributed by atoms with Crippen molar-refractivity contribution in [3.8, 4) is 11.1 Å². The van der Waals surface area contributed by atoms with E-state index in [-0.39, 0.29) is 42.7 Å². The molecule has 0 bridgehead atoms. The summed E-state index contributed by atoms with van der Waals surface area (Å²) in [4.78, 5) is 12.3. The molecule has 1 unspecified atom stereocenters. The summed E-state index contributed by atoms with van der Waals surface area (Å²) in [5.41, 5.74) is -1.32. The smallest absolute Gasteiger partial charge is 0.369 e. The van der Waals surface area contributed by atoms with Gasteiger partial charge in [0.1, 0.15) is 0 Å². The van der Waals surface area contributed by atoms with Gasteiger partial charge in [-0.1, -0.05) is 13.8 Å². The van der Waals surface area contributed by atoms with Gasteiger partial charge in [-0.05, 0) is 66.3 Å². The summed E-state index contributed by atoms with van der Waals surface area (Å²) in [6.45, 7) is 3.60. The van der Waals surface area contributed by atoms with Gasteiger partial charge in [0, 0.05) is 62.1 Å². The van der Waals surface area contributed by atoms with Crippen LogP contribution in [-0.4, -0.2) is 38.9 Å². The first-order valence-electron chi connectivity index (χ1n) is 14.8. The molecule has 1 aliphatic rings. The molecule has 0 radical (unpaired) electrons. The number of benzene rings is 2. The largest absolute Gasteiger partial charge is 0.416 e. The van der Waals surface area contributed by atoms with Crippen molar-refractivity contribution < 1.29 is 39.5 Å². The average Bonchev–Trinajstić information content (AvgIpc) is 3.67. The second-order valence-electron chi connectivity index (χ2n) is 11.4. The minimum Gasteiger partial charge on any atom is -0.369 e. The number of aryl methyl sites for hydroxylation is 3. The molecule has 2 aromatic heterocycles. The van der Waals surface area contributed by atoms with Crippen LogP contribution in [0.15, 0.2) is 55.1 Å². The molecule has 5 rings (SSSR count). The van der Waals surface area contributed by atoms with E-state index in [1.165, 1.54) is 18.5 Å². The number of hydrogen-bond acceptors (Lipinski definition) is 5. The van der Waals surface area contributed by atoms with E-state index in [0.717, 1.165) is 6.07 Å². The SMILES string of the molecule is CCc1cc(C(F)(F)F)c(CC)cc1N1CCC(N(Cc2cc(C(F)(F)F)cc(C(F)(F)F)c2)c2ncc(-c3cnn(C)c3)cn2)C1. The molecule has 6 nitrogen and oxygen atoms in total. The van der Waals surface area contributed by atoms with E-state index in [0.29, 0.717) is 53.9 Å². The highest BCUT2D eigenvalue weighted by atomic mass is 19.4. The Morgan fingerprint density at radius 1 is 0.766 bits per heavy atom. The topological polar surface area (TPSA) is 50.1 Å². The second-order valence-corrected chi connectivity index (χ2v) is 11.4. The summed E-state index contributed by atoms with van der Waals surface area (Å²) in [6, 6.07) is 3.61. The molecule has 4 aromatic rings. The first-order valence-corrected chi connectivity index (χ1v) is 14.8. The summed E-state index contributed by atoms with van der Waals surface area (Å²) in [5.74, 6) is 0.0767. The zero-order valence-electron chi connectivity index (χ0n) is 25.6. The number of aromatic nitrogens is 4. The van der Waals surface area contributed by atoms with E-state index in [1.807, 2.05) is 4.90 Å². The highest BCUT2D eigenvalue weighted by Crippen LogP contribution is 2.40. The summed E-state index contributed by atoms with van der Waals surface area (Å²) in [6.07, 6.45) is -7.43. The lowest BCUT2D eigenvalue weighted by molar-refractivity contribution is -0.143. The van der Waals surface area contributed by atoms with Gasteiger partial charge in [0.05, 0.1) is 28.9 Å². The Hall–Kier alpha value is -4.30. The molecule has 0 aliphatic carbocycles. The molecule has 1 saturated heterocycles. The first kappa shape index (κ1) is 34.0. The predicted octanol–water partition coefficient (Wildman–Crippen LogP) is 8.34. The van der Waals surface area contributed by atoms with Crippen molar-refractivity contribution in [2.75, 3.05) is 22.9 Å². The lowest BCUT2D eigenvalue weighted by Crippen LogP contribution is -2.38. The Kier molecular flexibility index (Phi) is 9.21. The van der Waals surface area contributed by atoms with Crippen molar-refractivity contribution in [3.63, 3.8) is 0 Å². The molecule has 1 atom stereocenters.